The van der Waals surface area contributed by atoms with Crippen molar-refractivity contribution in [3.8, 4) is 22.5 Å². The van der Waals surface area contributed by atoms with Crippen molar-refractivity contribution in [3.63, 3.8) is 0 Å². The predicted octanol–water partition coefficient (Wildman–Crippen LogP) is 4.46. The molecule has 0 fully saturated rings. The lowest BCUT2D eigenvalue weighted by Crippen LogP contribution is -1.90. The zero-order valence-electron chi connectivity index (χ0n) is 10.1. The maximum atomic E-state index is 5.93. The van der Waals surface area contributed by atoms with Gasteiger partial charge >= 0.3 is 0 Å². The van der Waals surface area contributed by atoms with Gasteiger partial charge in [-0.15, -0.1) is 0 Å². The van der Waals surface area contributed by atoms with Gasteiger partial charge in [0.05, 0.1) is 11.4 Å². The monoisotopic (exact) mass is 266 g/mol. The quantitative estimate of drug-likeness (QED) is 0.684. The highest BCUT2D eigenvalue weighted by Gasteiger charge is 2.08. The summed E-state index contributed by atoms with van der Waals surface area (Å²) in [6.45, 7) is 0. The number of nitrogens with zero attached hydrogens (tertiary/aromatic N) is 2. The molecule has 0 aliphatic rings. The molecule has 0 saturated carbocycles. The van der Waals surface area contributed by atoms with Crippen LogP contribution in [0.15, 0.2) is 67.0 Å². The molecule has 0 atom stereocenters. The molecule has 19 heavy (non-hydrogen) atoms. The summed E-state index contributed by atoms with van der Waals surface area (Å²) in [5.74, 6) is 0. The van der Waals surface area contributed by atoms with Crippen LogP contribution in [-0.2, 0) is 0 Å². The smallest absolute Gasteiger partial charge is 0.0964 e. The van der Waals surface area contributed by atoms with Crippen molar-refractivity contribution < 1.29 is 0 Å². The molecule has 0 aliphatic heterocycles. The second-order valence-electron chi connectivity index (χ2n) is 4.12. The number of hydrogen-bond acceptors (Lipinski definition) is 2. The van der Waals surface area contributed by atoms with Crippen molar-refractivity contribution in [2.75, 3.05) is 0 Å². The number of aromatic nitrogens is 2. The van der Waals surface area contributed by atoms with Crippen molar-refractivity contribution in [2.24, 2.45) is 0 Å². The zero-order valence-corrected chi connectivity index (χ0v) is 10.9. The highest BCUT2D eigenvalue weighted by molar-refractivity contribution is 6.30. The lowest BCUT2D eigenvalue weighted by Gasteiger charge is -2.08. The number of halogens is 1. The Bertz CT molecular complexity index is 679. The number of hydrogen-bond donors (Lipinski definition) is 0. The van der Waals surface area contributed by atoms with Gasteiger partial charge in [0.15, 0.2) is 0 Å². The van der Waals surface area contributed by atoms with Gasteiger partial charge in [0, 0.05) is 23.0 Å². The third-order valence-electron chi connectivity index (χ3n) is 2.87. The molecule has 1 aromatic carbocycles. The molecule has 0 unspecified atom stereocenters. The molecule has 3 aromatic rings. The second kappa shape index (κ2) is 5.21. The fourth-order valence-electron chi connectivity index (χ4n) is 1.97. The van der Waals surface area contributed by atoms with E-state index >= 15 is 0 Å². The Morgan fingerprint density at radius 1 is 0.737 bits per heavy atom. The minimum Gasteiger partial charge on any atom is -0.255 e. The summed E-state index contributed by atoms with van der Waals surface area (Å²) in [5.41, 5.74) is 3.88. The molecule has 0 bridgehead atoms. The first kappa shape index (κ1) is 11.9. The van der Waals surface area contributed by atoms with Crippen molar-refractivity contribution >= 4 is 11.6 Å². The summed E-state index contributed by atoms with van der Waals surface area (Å²) in [6, 6.07) is 17.5. The van der Waals surface area contributed by atoms with Gasteiger partial charge in [-0.3, -0.25) is 9.97 Å². The Kier molecular flexibility index (Phi) is 3.25. The van der Waals surface area contributed by atoms with E-state index in [-0.39, 0.29) is 0 Å². The third kappa shape index (κ3) is 2.49. The van der Waals surface area contributed by atoms with Crippen LogP contribution in [0.2, 0.25) is 5.02 Å². The van der Waals surface area contributed by atoms with Gasteiger partial charge in [-0.05, 0) is 35.9 Å². The Hall–Kier alpha value is -2.19. The average Bonchev–Trinajstić information content (AvgIpc) is 2.49. The van der Waals surface area contributed by atoms with Gasteiger partial charge in [-0.25, -0.2) is 0 Å². The van der Waals surface area contributed by atoms with Crippen molar-refractivity contribution in [1.82, 2.24) is 9.97 Å². The first-order valence-electron chi connectivity index (χ1n) is 5.97. The predicted molar refractivity (Wildman–Crippen MR) is 77.9 cm³/mol. The molecule has 2 nitrogen and oxygen atoms in total. The molecule has 0 aliphatic carbocycles. The maximum absolute atomic E-state index is 5.93. The SMILES string of the molecule is Clc1ccc(-c2cccnc2-c2ccccn2)cc1. The highest BCUT2D eigenvalue weighted by atomic mass is 35.5. The largest absolute Gasteiger partial charge is 0.255 e. The lowest BCUT2D eigenvalue weighted by atomic mass is 10.0. The molecule has 2 heterocycles. The van der Waals surface area contributed by atoms with Gasteiger partial charge < -0.3 is 0 Å². The van der Waals surface area contributed by atoms with Crippen LogP contribution in [0.1, 0.15) is 0 Å². The van der Waals surface area contributed by atoms with E-state index in [9.17, 15) is 0 Å². The van der Waals surface area contributed by atoms with Crippen LogP contribution >= 0.6 is 11.6 Å². The van der Waals surface area contributed by atoms with Gasteiger partial charge in [0.2, 0.25) is 0 Å². The molecule has 0 spiro atoms. The topological polar surface area (TPSA) is 25.8 Å². The molecule has 0 amide bonds. The molecule has 92 valence electrons. The number of pyridine rings is 2. The second-order valence-corrected chi connectivity index (χ2v) is 4.56. The van der Waals surface area contributed by atoms with Crippen LogP contribution in [0.3, 0.4) is 0 Å². The standard InChI is InChI=1S/C16H11ClN2/c17-13-8-6-12(7-9-13)14-4-3-11-19-16(14)15-5-1-2-10-18-15/h1-11H. The van der Waals surface area contributed by atoms with E-state index in [0.717, 1.165) is 27.5 Å². The van der Waals surface area contributed by atoms with Crippen molar-refractivity contribution in [1.29, 1.82) is 0 Å². The van der Waals surface area contributed by atoms with E-state index in [1.54, 1.807) is 12.4 Å². The number of benzene rings is 1. The first-order chi connectivity index (χ1) is 9.34. The van der Waals surface area contributed by atoms with E-state index in [1.807, 2.05) is 54.6 Å². The summed E-state index contributed by atoms with van der Waals surface area (Å²) < 4.78 is 0. The molecular weight excluding hydrogens is 256 g/mol. The summed E-state index contributed by atoms with van der Waals surface area (Å²) in [5, 5.41) is 0.729. The minimum atomic E-state index is 0.729. The van der Waals surface area contributed by atoms with Crippen LogP contribution in [0, 0.1) is 0 Å². The molecule has 3 heteroatoms. The van der Waals surface area contributed by atoms with E-state index < -0.39 is 0 Å². The normalized spacial score (nSPS) is 10.4. The third-order valence-corrected chi connectivity index (χ3v) is 3.12. The van der Waals surface area contributed by atoms with E-state index in [2.05, 4.69) is 9.97 Å². The van der Waals surface area contributed by atoms with Crippen LogP contribution < -0.4 is 0 Å². The van der Waals surface area contributed by atoms with Gasteiger partial charge in [-0.1, -0.05) is 35.9 Å². The zero-order chi connectivity index (χ0) is 13.1. The Balaban J connectivity index is 2.15. The van der Waals surface area contributed by atoms with Crippen molar-refractivity contribution in [2.45, 2.75) is 0 Å². The average molecular weight is 267 g/mol. The summed E-state index contributed by atoms with van der Waals surface area (Å²) in [7, 11) is 0. The van der Waals surface area contributed by atoms with Gasteiger partial charge in [0.1, 0.15) is 0 Å². The van der Waals surface area contributed by atoms with Gasteiger partial charge in [-0.2, -0.15) is 0 Å². The number of rotatable bonds is 2. The summed E-state index contributed by atoms with van der Waals surface area (Å²) >= 11 is 5.93. The van der Waals surface area contributed by atoms with Crippen LogP contribution in [0.4, 0.5) is 0 Å². The van der Waals surface area contributed by atoms with Gasteiger partial charge in [0.25, 0.3) is 0 Å². The minimum absolute atomic E-state index is 0.729. The fraction of sp³-hybridized carbons (Fsp3) is 0. The van der Waals surface area contributed by atoms with Crippen LogP contribution in [0.25, 0.3) is 22.5 Å². The summed E-state index contributed by atoms with van der Waals surface area (Å²) in [6.07, 6.45) is 3.55. The first-order valence-corrected chi connectivity index (χ1v) is 6.35. The van der Waals surface area contributed by atoms with Crippen LogP contribution in [-0.4, -0.2) is 9.97 Å². The van der Waals surface area contributed by atoms with Crippen LogP contribution in [0.5, 0.6) is 0 Å². The summed E-state index contributed by atoms with van der Waals surface area (Å²) in [4.78, 5) is 8.82. The molecule has 2 aromatic heterocycles. The van der Waals surface area contributed by atoms with E-state index in [1.165, 1.54) is 0 Å². The molecule has 3 rings (SSSR count). The Morgan fingerprint density at radius 3 is 2.26 bits per heavy atom. The Labute approximate surface area is 116 Å². The molecule has 0 saturated heterocycles. The Morgan fingerprint density at radius 2 is 1.53 bits per heavy atom. The highest BCUT2D eigenvalue weighted by Crippen LogP contribution is 2.29. The molecule has 0 radical (unpaired) electrons. The van der Waals surface area contributed by atoms with E-state index in [4.69, 9.17) is 11.6 Å². The molecular formula is C16H11ClN2. The lowest BCUT2D eigenvalue weighted by molar-refractivity contribution is 1.25. The molecule has 0 N–H and O–H groups in total. The van der Waals surface area contributed by atoms with E-state index in [0.29, 0.717) is 0 Å². The fourth-order valence-corrected chi connectivity index (χ4v) is 2.10. The maximum Gasteiger partial charge on any atom is 0.0964 e. The van der Waals surface area contributed by atoms with Crippen molar-refractivity contribution in [3.05, 3.63) is 72.0 Å².